The molecule has 0 bridgehead atoms. The number of carbonyl (C=O) groups is 2. The fraction of sp³-hybridized carbons (Fsp3) is 0.0714. The number of amides is 3. The maximum Gasteiger partial charge on any atom is 0.347 e. The fourth-order valence-corrected chi connectivity index (χ4v) is 3.70. The van der Waals surface area contributed by atoms with E-state index in [4.69, 9.17) is 23.2 Å². The van der Waals surface area contributed by atoms with E-state index in [-0.39, 0.29) is 15.0 Å². The molecule has 2 heterocycles. The predicted octanol–water partition coefficient (Wildman–Crippen LogP) is 2.55. The standard InChI is InChI=1S/C14H9Cl2N3O4S/c15-9-1-4-11(5-2-9)24(22,23)19-13(20)8-18(14(19)21)12-6-3-10(16)7-17-12/h1-7H,8H2. The average Bonchev–Trinajstić information content (AvgIpc) is 2.84. The van der Waals surface area contributed by atoms with Crippen molar-refractivity contribution >= 4 is 51.0 Å². The molecule has 0 N–H and O–H groups in total. The Bertz CT molecular complexity index is 914. The number of rotatable bonds is 3. The molecular formula is C14H9Cl2N3O4S. The van der Waals surface area contributed by atoms with Crippen molar-refractivity contribution in [1.82, 2.24) is 9.29 Å². The second kappa shape index (κ2) is 6.04. The Morgan fingerprint density at radius 1 is 0.958 bits per heavy atom. The van der Waals surface area contributed by atoms with Crippen molar-refractivity contribution in [2.24, 2.45) is 0 Å². The zero-order chi connectivity index (χ0) is 17.5. The van der Waals surface area contributed by atoms with Gasteiger partial charge in [0.25, 0.3) is 15.9 Å². The lowest BCUT2D eigenvalue weighted by Gasteiger charge is -2.16. The molecule has 10 heteroatoms. The predicted molar refractivity (Wildman–Crippen MR) is 87.5 cm³/mol. The van der Waals surface area contributed by atoms with E-state index < -0.39 is 28.5 Å². The quantitative estimate of drug-likeness (QED) is 0.757. The van der Waals surface area contributed by atoms with Crippen LogP contribution in [0.2, 0.25) is 10.0 Å². The Morgan fingerprint density at radius 3 is 2.17 bits per heavy atom. The van der Waals surface area contributed by atoms with Gasteiger partial charge in [-0.3, -0.25) is 9.69 Å². The van der Waals surface area contributed by atoms with Gasteiger partial charge in [-0.15, -0.1) is 4.31 Å². The summed E-state index contributed by atoms with van der Waals surface area (Å²) in [7, 11) is -4.32. The van der Waals surface area contributed by atoms with E-state index in [0.717, 1.165) is 4.90 Å². The Labute approximate surface area is 147 Å². The lowest BCUT2D eigenvalue weighted by atomic mass is 10.4. The van der Waals surface area contributed by atoms with Gasteiger partial charge in [0.05, 0.1) is 9.92 Å². The van der Waals surface area contributed by atoms with E-state index in [2.05, 4.69) is 4.98 Å². The fourth-order valence-electron chi connectivity index (χ4n) is 2.14. The summed E-state index contributed by atoms with van der Waals surface area (Å²) in [6.45, 7) is -0.430. The van der Waals surface area contributed by atoms with E-state index in [0.29, 0.717) is 10.0 Å². The number of pyridine rings is 1. The minimum Gasteiger partial charge on any atom is -0.271 e. The van der Waals surface area contributed by atoms with E-state index in [1.165, 1.54) is 42.6 Å². The first-order chi connectivity index (χ1) is 11.3. The minimum atomic E-state index is -4.32. The molecule has 0 unspecified atom stereocenters. The number of aromatic nitrogens is 1. The molecule has 124 valence electrons. The van der Waals surface area contributed by atoms with Crippen LogP contribution in [0.4, 0.5) is 10.6 Å². The molecular weight excluding hydrogens is 377 g/mol. The lowest BCUT2D eigenvalue weighted by molar-refractivity contribution is -0.121. The highest BCUT2D eigenvalue weighted by Crippen LogP contribution is 2.26. The van der Waals surface area contributed by atoms with Crippen LogP contribution in [-0.2, 0) is 14.8 Å². The highest BCUT2D eigenvalue weighted by atomic mass is 35.5. The van der Waals surface area contributed by atoms with Crippen LogP contribution < -0.4 is 4.90 Å². The number of hydrogen-bond donors (Lipinski definition) is 0. The second-order valence-electron chi connectivity index (χ2n) is 4.82. The maximum atomic E-state index is 12.6. The van der Waals surface area contributed by atoms with Gasteiger partial charge < -0.3 is 0 Å². The van der Waals surface area contributed by atoms with Crippen molar-refractivity contribution in [3.63, 3.8) is 0 Å². The number of sulfonamides is 1. The summed E-state index contributed by atoms with van der Waals surface area (Å²) in [6, 6.07) is 7.08. The van der Waals surface area contributed by atoms with Gasteiger partial charge in [-0.05, 0) is 36.4 Å². The smallest absolute Gasteiger partial charge is 0.271 e. The van der Waals surface area contributed by atoms with Crippen LogP contribution >= 0.6 is 23.2 Å². The number of nitrogens with zero attached hydrogens (tertiary/aromatic N) is 3. The summed E-state index contributed by atoms with van der Waals surface area (Å²) in [6.07, 6.45) is 1.30. The van der Waals surface area contributed by atoms with Gasteiger partial charge in [0.2, 0.25) is 0 Å². The highest BCUT2D eigenvalue weighted by molar-refractivity contribution is 7.90. The maximum absolute atomic E-state index is 12.6. The molecule has 7 nitrogen and oxygen atoms in total. The first-order valence-electron chi connectivity index (χ1n) is 6.57. The van der Waals surface area contributed by atoms with Crippen LogP contribution in [0.25, 0.3) is 0 Å². The summed E-state index contributed by atoms with van der Waals surface area (Å²) >= 11 is 11.5. The van der Waals surface area contributed by atoms with Crippen LogP contribution in [-0.4, -0.2) is 36.2 Å². The van der Waals surface area contributed by atoms with Crippen molar-refractivity contribution in [3.05, 3.63) is 52.6 Å². The Balaban J connectivity index is 1.97. The second-order valence-corrected chi connectivity index (χ2v) is 7.48. The third kappa shape index (κ3) is 2.83. The first-order valence-corrected chi connectivity index (χ1v) is 8.77. The van der Waals surface area contributed by atoms with Crippen LogP contribution in [0.5, 0.6) is 0 Å². The highest BCUT2D eigenvalue weighted by Gasteiger charge is 2.45. The van der Waals surface area contributed by atoms with Crippen LogP contribution in [0.15, 0.2) is 47.5 Å². The molecule has 1 aromatic heterocycles. The summed E-state index contributed by atoms with van der Waals surface area (Å²) < 4.78 is 25.4. The van der Waals surface area contributed by atoms with Crippen molar-refractivity contribution < 1.29 is 18.0 Å². The van der Waals surface area contributed by atoms with E-state index in [9.17, 15) is 18.0 Å². The summed E-state index contributed by atoms with van der Waals surface area (Å²) in [5.74, 6) is -0.738. The number of carbonyl (C=O) groups excluding carboxylic acids is 2. The van der Waals surface area contributed by atoms with Gasteiger partial charge >= 0.3 is 6.03 Å². The number of halogens is 2. The van der Waals surface area contributed by atoms with Crippen molar-refractivity contribution in [2.75, 3.05) is 11.4 Å². The van der Waals surface area contributed by atoms with Crippen molar-refractivity contribution in [3.8, 4) is 0 Å². The van der Waals surface area contributed by atoms with E-state index in [1.54, 1.807) is 0 Å². The largest absolute Gasteiger partial charge is 0.347 e. The average molecular weight is 386 g/mol. The number of benzene rings is 1. The molecule has 3 rings (SSSR count). The molecule has 1 saturated heterocycles. The summed E-state index contributed by atoms with van der Waals surface area (Å²) in [5, 5.41) is 0.683. The Hall–Kier alpha value is -2.16. The van der Waals surface area contributed by atoms with Crippen LogP contribution in [0.1, 0.15) is 0 Å². The number of hydrogen-bond acceptors (Lipinski definition) is 5. The first kappa shape index (κ1) is 16.7. The summed E-state index contributed by atoms with van der Waals surface area (Å²) in [5.41, 5.74) is 0. The summed E-state index contributed by atoms with van der Waals surface area (Å²) in [4.78, 5) is 29.3. The van der Waals surface area contributed by atoms with Gasteiger partial charge in [0, 0.05) is 11.2 Å². The Morgan fingerprint density at radius 2 is 1.58 bits per heavy atom. The molecule has 1 aliphatic rings. The molecule has 1 aliphatic heterocycles. The van der Waals surface area contributed by atoms with Crippen LogP contribution in [0, 0.1) is 0 Å². The van der Waals surface area contributed by atoms with Crippen molar-refractivity contribution in [2.45, 2.75) is 4.90 Å². The van der Waals surface area contributed by atoms with Gasteiger partial charge in [-0.2, -0.15) is 0 Å². The van der Waals surface area contributed by atoms with Gasteiger partial charge in [0.15, 0.2) is 0 Å². The topological polar surface area (TPSA) is 87.7 Å². The molecule has 0 spiro atoms. The normalized spacial score (nSPS) is 15.2. The van der Waals surface area contributed by atoms with E-state index >= 15 is 0 Å². The molecule has 24 heavy (non-hydrogen) atoms. The molecule has 1 aromatic carbocycles. The van der Waals surface area contributed by atoms with Gasteiger partial charge in [0.1, 0.15) is 12.4 Å². The molecule has 1 fully saturated rings. The molecule has 2 aromatic rings. The molecule has 3 amide bonds. The third-order valence-electron chi connectivity index (χ3n) is 3.26. The zero-order valence-corrected chi connectivity index (χ0v) is 14.2. The van der Waals surface area contributed by atoms with E-state index in [1.807, 2.05) is 0 Å². The van der Waals surface area contributed by atoms with Crippen LogP contribution in [0.3, 0.4) is 0 Å². The molecule has 0 atom stereocenters. The van der Waals surface area contributed by atoms with Gasteiger partial charge in [-0.25, -0.2) is 18.2 Å². The number of imide groups is 1. The molecule has 0 radical (unpaired) electrons. The zero-order valence-electron chi connectivity index (χ0n) is 11.9. The number of urea groups is 1. The molecule has 0 aliphatic carbocycles. The Kier molecular flexibility index (Phi) is 4.20. The van der Waals surface area contributed by atoms with Gasteiger partial charge in [-0.1, -0.05) is 23.2 Å². The number of anilines is 1. The monoisotopic (exact) mass is 385 g/mol. The van der Waals surface area contributed by atoms with Crippen molar-refractivity contribution in [1.29, 1.82) is 0 Å². The third-order valence-corrected chi connectivity index (χ3v) is 5.45. The minimum absolute atomic E-state index is 0.131. The lowest BCUT2D eigenvalue weighted by Crippen LogP contribution is -2.38. The SMILES string of the molecule is O=C1CN(c2ccc(Cl)cn2)C(=O)N1S(=O)(=O)c1ccc(Cl)cc1. The molecule has 0 saturated carbocycles.